The Balaban J connectivity index is 2.37. The number of esters is 1. The quantitative estimate of drug-likeness (QED) is 0.537. The number of rotatable bonds is 4. The molecule has 0 radical (unpaired) electrons. The van der Waals surface area contributed by atoms with Crippen LogP contribution in [0.1, 0.15) is 6.92 Å². The average Bonchev–Trinajstić information content (AvgIpc) is 2.27. The van der Waals surface area contributed by atoms with Crippen LogP contribution in [-0.2, 0) is 9.53 Å². The van der Waals surface area contributed by atoms with Crippen LogP contribution < -0.4 is 16.4 Å². The van der Waals surface area contributed by atoms with E-state index in [1.165, 1.54) is 0 Å². The van der Waals surface area contributed by atoms with Crippen molar-refractivity contribution in [3.63, 3.8) is 0 Å². The van der Waals surface area contributed by atoms with Crippen molar-refractivity contribution >= 4 is 23.4 Å². The molecule has 0 saturated carbocycles. The zero-order chi connectivity index (χ0) is 12.7. The van der Waals surface area contributed by atoms with E-state index in [4.69, 9.17) is 5.73 Å². The molecule has 6 nitrogen and oxygen atoms in total. The minimum atomic E-state index is -0.483. The molecule has 0 unspecified atom stereocenters. The zero-order valence-electron chi connectivity index (χ0n) is 9.53. The Morgan fingerprint density at radius 1 is 1.41 bits per heavy atom. The highest BCUT2D eigenvalue weighted by Gasteiger charge is 2.05. The number of ether oxygens (including phenoxy) is 1. The molecule has 0 saturated heterocycles. The molecule has 1 aromatic rings. The molecule has 0 fully saturated rings. The van der Waals surface area contributed by atoms with Crippen LogP contribution in [0.3, 0.4) is 0 Å². The maximum absolute atomic E-state index is 11.4. The molecule has 17 heavy (non-hydrogen) atoms. The molecule has 0 bridgehead atoms. The van der Waals surface area contributed by atoms with E-state index in [1.54, 1.807) is 31.2 Å². The fraction of sp³-hybridized carbons (Fsp3) is 0.273. The van der Waals surface area contributed by atoms with Crippen molar-refractivity contribution in [2.24, 2.45) is 0 Å². The molecule has 2 amide bonds. The van der Waals surface area contributed by atoms with Crippen molar-refractivity contribution in [1.82, 2.24) is 5.32 Å². The highest BCUT2D eigenvalue weighted by atomic mass is 16.5. The van der Waals surface area contributed by atoms with Crippen LogP contribution in [0.15, 0.2) is 24.3 Å². The predicted octanol–water partition coefficient (Wildman–Crippen LogP) is 0.953. The standard InChI is InChI=1S/C11H15N3O3/c1-2-17-10(15)7-13-11(16)14-9-5-3-4-8(12)6-9/h3-6H,2,7,12H2,1H3,(H2,13,14,16). The topological polar surface area (TPSA) is 93.4 Å². The van der Waals surface area contributed by atoms with E-state index in [1.807, 2.05) is 0 Å². The number of nitrogens with one attached hydrogen (secondary N) is 2. The maximum Gasteiger partial charge on any atom is 0.325 e. The minimum Gasteiger partial charge on any atom is -0.465 e. The Hall–Kier alpha value is -2.24. The first-order chi connectivity index (χ1) is 8.11. The first-order valence-corrected chi connectivity index (χ1v) is 5.18. The molecule has 6 heteroatoms. The Morgan fingerprint density at radius 3 is 2.82 bits per heavy atom. The summed E-state index contributed by atoms with van der Waals surface area (Å²) >= 11 is 0. The van der Waals surface area contributed by atoms with Crippen LogP contribution >= 0.6 is 0 Å². The molecule has 0 aliphatic heterocycles. The number of hydrogen-bond acceptors (Lipinski definition) is 4. The summed E-state index contributed by atoms with van der Waals surface area (Å²) in [6.45, 7) is 1.82. The molecule has 0 aliphatic carbocycles. The number of hydrogen-bond donors (Lipinski definition) is 3. The lowest BCUT2D eigenvalue weighted by atomic mass is 10.3. The van der Waals surface area contributed by atoms with E-state index in [2.05, 4.69) is 15.4 Å². The van der Waals surface area contributed by atoms with Gasteiger partial charge in [0.15, 0.2) is 0 Å². The Labute approximate surface area is 99.1 Å². The summed E-state index contributed by atoms with van der Waals surface area (Å²) in [5, 5.41) is 4.91. The van der Waals surface area contributed by atoms with Crippen LogP contribution in [0.5, 0.6) is 0 Å². The van der Waals surface area contributed by atoms with E-state index in [0.29, 0.717) is 11.4 Å². The molecule has 1 aromatic carbocycles. The average molecular weight is 237 g/mol. The van der Waals surface area contributed by atoms with E-state index >= 15 is 0 Å². The lowest BCUT2D eigenvalue weighted by Gasteiger charge is -2.07. The molecule has 4 N–H and O–H groups in total. The SMILES string of the molecule is CCOC(=O)CNC(=O)Nc1cccc(N)c1. The van der Waals surface area contributed by atoms with Crippen LogP contribution in [-0.4, -0.2) is 25.2 Å². The maximum atomic E-state index is 11.4. The number of benzene rings is 1. The predicted molar refractivity (Wildman–Crippen MR) is 64.5 cm³/mol. The third kappa shape index (κ3) is 4.87. The lowest BCUT2D eigenvalue weighted by molar-refractivity contribution is -0.141. The monoisotopic (exact) mass is 237 g/mol. The summed E-state index contributed by atoms with van der Waals surface area (Å²) in [7, 11) is 0. The highest BCUT2D eigenvalue weighted by molar-refractivity contribution is 5.91. The Morgan fingerprint density at radius 2 is 2.18 bits per heavy atom. The lowest BCUT2D eigenvalue weighted by Crippen LogP contribution is -2.34. The van der Waals surface area contributed by atoms with E-state index in [0.717, 1.165) is 0 Å². The van der Waals surface area contributed by atoms with Gasteiger partial charge in [0.2, 0.25) is 0 Å². The largest absolute Gasteiger partial charge is 0.465 e. The number of anilines is 2. The first kappa shape index (κ1) is 12.8. The summed E-state index contributed by atoms with van der Waals surface area (Å²) in [5.74, 6) is -0.477. The van der Waals surface area contributed by atoms with Gasteiger partial charge in [-0.05, 0) is 25.1 Å². The second-order valence-electron chi connectivity index (χ2n) is 3.24. The van der Waals surface area contributed by atoms with Gasteiger partial charge in [-0.2, -0.15) is 0 Å². The van der Waals surface area contributed by atoms with Crippen LogP contribution in [0.4, 0.5) is 16.2 Å². The third-order valence-electron chi connectivity index (χ3n) is 1.84. The second-order valence-corrected chi connectivity index (χ2v) is 3.24. The van der Waals surface area contributed by atoms with Gasteiger partial charge < -0.3 is 21.1 Å². The van der Waals surface area contributed by atoms with Crippen molar-refractivity contribution < 1.29 is 14.3 Å². The van der Waals surface area contributed by atoms with Gasteiger partial charge in [0.1, 0.15) is 6.54 Å². The first-order valence-electron chi connectivity index (χ1n) is 5.18. The number of nitrogens with two attached hydrogens (primary N) is 1. The smallest absolute Gasteiger partial charge is 0.325 e. The second kappa shape index (κ2) is 6.37. The van der Waals surface area contributed by atoms with Gasteiger partial charge in [-0.1, -0.05) is 6.07 Å². The summed E-state index contributed by atoms with van der Waals surface area (Å²) in [6.07, 6.45) is 0. The van der Waals surface area contributed by atoms with Crippen LogP contribution in [0.2, 0.25) is 0 Å². The van der Waals surface area contributed by atoms with Crippen LogP contribution in [0, 0.1) is 0 Å². The molecule has 92 valence electrons. The van der Waals surface area contributed by atoms with E-state index < -0.39 is 12.0 Å². The summed E-state index contributed by atoms with van der Waals surface area (Å²) < 4.78 is 4.66. The van der Waals surface area contributed by atoms with Crippen molar-refractivity contribution in [3.8, 4) is 0 Å². The van der Waals surface area contributed by atoms with Crippen LogP contribution in [0.25, 0.3) is 0 Å². The third-order valence-corrected chi connectivity index (χ3v) is 1.84. The number of amides is 2. The minimum absolute atomic E-state index is 0.165. The van der Waals surface area contributed by atoms with Gasteiger partial charge in [-0.25, -0.2) is 4.79 Å². The Bertz CT molecular complexity index is 407. The van der Waals surface area contributed by atoms with Gasteiger partial charge in [0, 0.05) is 11.4 Å². The van der Waals surface area contributed by atoms with Crippen molar-refractivity contribution in [2.45, 2.75) is 6.92 Å². The molecule has 1 rings (SSSR count). The number of nitrogen functional groups attached to an aromatic ring is 1. The number of carbonyl (C=O) groups excluding carboxylic acids is 2. The number of urea groups is 1. The highest BCUT2D eigenvalue weighted by Crippen LogP contribution is 2.11. The van der Waals surface area contributed by atoms with Gasteiger partial charge in [0.25, 0.3) is 0 Å². The molecule has 0 heterocycles. The van der Waals surface area contributed by atoms with E-state index in [9.17, 15) is 9.59 Å². The summed E-state index contributed by atoms with van der Waals surface area (Å²) in [4.78, 5) is 22.3. The molecule has 0 atom stereocenters. The fourth-order valence-corrected chi connectivity index (χ4v) is 1.16. The summed E-state index contributed by atoms with van der Waals surface area (Å²) in [6, 6.07) is 6.26. The molecular weight excluding hydrogens is 222 g/mol. The van der Waals surface area contributed by atoms with Crippen molar-refractivity contribution in [1.29, 1.82) is 0 Å². The van der Waals surface area contributed by atoms with E-state index in [-0.39, 0.29) is 13.2 Å². The van der Waals surface area contributed by atoms with Gasteiger partial charge in [0.05, 0.1) is 6.61 Å². The fourth-order valence-electron chi connectivity index (χ4n) is 1.16. The zero-order valence-corrected chi connectivity index (χ0v) is 9.53. The normalized spacial score (nSPS) is 9.47. The van der Waals surface area contributed by atoms with Gasteiger partial charge in [-0.15, -0.1) is 0 Å². The number of carbonyl (C=O) groups is 2. The molecule has 0 aromatic heterocycles. The van der Waals surface area contributed by atoms with Crippen molar-refractivity contribution in [2.75, 3.05) is 24.2 Å². The molecule has 0 aliphatic rings. The van der Waals surface area contributed by atoms with Gasteiger partial charge in [-0.3, -0.25) is 4.79 Å². The summed E-state index contributed by atoms with van der Waals surface area (Å²) in [5.41, 5.74) is 6.66. The molecular formula is C11H15N3O3. The Kier molecular flexibility index (Phi) is 4.80. The van der Waals surface area contributed by atoms with Gasteiger partial charge >= 0.3 is 12.0 Å². The van der Waals surface area contributed by atoms with Crippen molar-refractivity contribution in [3.05, 3.63) is 24.3 Å². The molecule has 0 spiro atoms.